The molecule has 1 atom stereocenters. The number of rotatable bonds is 3. The van der Waals surface area contributed by atoms with Crippen molar-refractivity contribution in [2.75, 3.05) is 0 Å². The minimum absolute atomic E-state index is 0.378. The van der Waals surface area contributed by atoms with E-state index in [4.69, 9.17) is 0 Å². The summed E-state index contributed by atoms with van der Waals surface area (Å²) in [5.74, 6) is 0.638. The van der Waals surface area contributed by atoms with Crippen molar-refractivity contribution in [1.29, 1.82) is 0 Å². The average Bonchev–Trinajstić information content (AvgIpc) is 2.77. The van der Waals surface area contributed by atoms with Crippen molar-refractivity contribution < 1.29 is 5.11 Å². The Morgan fingerprint density at radius 1 is 1.64 bits per heavy atom. The number of aromatic amines is 1. The summed E-state index contributed by atoms with van der Waals surface area (Å²) in [6.45, 7) is 0. The third kappa shape index (κ3) is 1.62. The number of aliphatic hydroxyl groups excluding tert-OH is 1. The van der Waals surface area contributed by atoms with Gasteiger partial charge < -0.3 is 5.11 Å². The van der Waals surface area contributed by atoms with Crippen LogP contribution in [0.3, 0.4) is 0 Å². The lowest BCUT2D eigenvalue weighted by atomic mass is 10.1. The van der Waals surface area contributed by atoms with Gasteiger partial charge in [0.1, 0.15) is 0 Å². The fraction of sp³-hybridized carbons (Fsp3) is 0.429. The molecule has 0 amide bonds. The van der Waals surface area contributed by atoms with Crippen molar-refractivity contribution >= 4 is 0 Å². The monoisotopic (exact) mass is 194 g/mol. The first-order valence-electron chi connectivity index (χ1n) is 4.15. The van der Waals surface area contributed by atoms with Gasteiger partial charge in [0, 0.05) is 25.2 Å². The number of aliphatic hydroxyl groups is 1. The van der Waals surface area contributed by atoms with Crippen LogP contribution in [0.2, 0.25) is 0 Å². The van der Waals surface area contributed by atoms with Gasteiger partial charge in [-0.1, -0.05) is 0 Å². The number of nitrogens with zero attached hydrogens (tertiary/aromatic N) is 5. The molecule has 7 heteroatoms. The van der Waals surface area contributed by atoms with E-state index in [2.05, 4.69) is 25.7 Å². The Morgan fingerprint density at radius 2 is 2.50 bits per heavy atom. The van der Waals surface area contributed by atoms with E-state index in [-0.39, 0.29) is 0 Å². The molecule has 1 unspecified atom stereocenters. The lowest BCUT2D eigenvalue weighted by Crippen LogP contribution is -2.06. The SMILES string of the molecule is Cn1nnnc1CC(O)c1cn[nH]c1. The van der Waals surface area contributed by atoms with Crippen LogP contribution in [-0.4, -0.2) is 35.5 Å². The predicted octanol–water partition coefficient (Wildman–Crippen LogP) is -0.791. The van der Waals surface area contributed by atoms with Gasteiger partial charge in [-0.2, -0.15) is 5.10 Å². The van der Waals surface area contributed by atoms with E-state index in [0.717, 1.165) is 5.56 Å². The van der Waals surface area contributed by atoms with Gasteiger partial charge in [0.15, 0.2) is 5.82 Å². The number of H-pyrrole nitrogens is 1. The first-order chi connectivity index (χ1) is 6.77. The second kappa shape index (κ2) is 3.54. The largest absolute Gasteiger partial charge is 0.388 e. The van der Waals surface area contributed by atoms with Crippen molar-refractivity contribution in [3.63, 3.8) is 0 Å². The Morgan fingerprint density at radius 3 is 3.07 bits per heavy atom. The Labute approximate surface area is 79.8 Å². The van der Waals surface area contributed by atoms with Crippen LogP contribution >= 0.6 is 0 Å². The number of hydrogen-bond acceptors (Lipinski definition) is 5. The van der Waals surface area contributed by atoms with Gasteiger partial charge in [-0.15, -0.1) is 5.10 Å². The van der Waals surface area contributed by atoms with Gasteiger partial charge in [0.2, 0.25) is 0 Å². The zero-order chi connectivity index (χ0) is 9.97. The number of aromatic nitrogens is 6. The average molecular weight is 194 g/mol. The maximum absolute atomic E-state index is 9.74. The molecule has 0 bridgehead atoms. The third-order valence-electron chi connectivity index (χ3n) is 1.99. The molecule has 74 valence electrons. The van der Waals surface area contributed by atoms with E-state index in [1.807, 2.05) is 0 Å². The summed E-state index contributed by atoms with van der Waals surface area (Å²) in [5.41, 5.74) is 0.730. The van der Waals surface area contributed by atoms with Crippen molar-refractivity contribution in [3.05, 3.63) is 23.8 Å². The molecule has 0 spiro atoms. The van der Waals surface area contributed by atoms with Crippen LogP contribution in [0.5, 0.6) is 0 Å². The number of tetrazole rings is 1. The van der Waals surface area contributed by atoms with Gasteiger partial charge in [0.05, 0.1) is 12.3 Å². The molecular formula is C7H10N6O. The van der Waals surface area contributed by atoms with Crippen LogP contribution in [0.4, 0.5) is 0 Å². The third-order valence-corrected chi connectivity index (χ3v) is 1.99. The molecular weight excluding hydrogens is 184 g/mol. The first-order valence-corrected chi connectivity index (χ1v) is 4.15. The van der Waals surface area contributed by atoms with Crippen LogP contribution in [0.15, 0.2) is 12.4 Å². The van der Waals surface area contributed by atoms with Gasteiger partial charge in [0.25, 0.3) is 0 Å². The van der Waals surface area contributed by atoms with E-state index >= 15 is 0 Å². The predicted molar refractivity (Wildman–Crippen MR) is 46.0 cm³/mol. The second-order valence-corrected chi connectivity index (χ2v) is 2.97. The molecule has 7 nitrogen and oxygen atoms in total. The van der Waals surface area contributed by atoms with E-state index < -0.39 is 6.10 Å². The summed E-state index contributed by atoms with van der Waals surface area (Å²) in [6, 6.07) is 0. The summed E-state index contributed by atoms with van der Waals surface area (Å²) < 4.78 is 1.53. The molecule has 2 N–H and O–H groups in total. The Bertz CT molecular complexity index is 394. The lowest BCUT2D eigenvalue weighted by Gasteiger charge is -2.05. The quantitative estimate of drug-likeness (QED) is 0.668. The topological polar surface area (TPSA) is 92.5 Å². The highest BCUT2D eigenvalue weighted by Crippen LogP contribution is 2.14. The molecule has 2 aromatic heterocycles. The van der Waals surface area contributed by atoms with Gasteiger partial charge in [-0.05, 0) is 10.4 Å². The number of hydrogen-bond donors (Lipinski definition) is 2. The molecule has 0 saturated carbocycles. The Balaban J connectivity index is 2.09. The highest BCUT2D eigenvalue weighted by atomic mass is 16.3. The van der Waals surface area contributed by atoms with Crippen molar-refractivity contribution in [2.45, 2.75) is 12.5 Å². The maximum Gasteiger partial charge on any atom is 0.153 e. The molecule has 0 aromatic carbocycles. The normalized spacial score (nSPS) is 13.0. The molecule has 2 heterocycles. The summed E-state index contributed by atoms with van der Waals surface area (Å²) in [7, 11) is 1.73. The van der Waals surface area contributed by atoms with Gasteiger partial charge in [-0.3, -0.25) is 5.10 Å². The van der Waals surface area contributed by atoms with E-state index in [1.165, 1.54) is 4.68 Å². The number of aryl methyl sites for hydroxylation is 1. The molecule has 0 aliphatic heterocycles. The molecule has 2 aromatic rings. The van der Waals surface area contributed by atoms with Gasteiger partial charge >= 0.3 is 0 Å². The fourth-order valence-corrected chi connectivity index (χ4v) is 1.15. The summed E-state index contributed by atoms with van der Waals surface area (Å²) in [6.07, 6.45) is 2.98. The van der Waals surface area contributed by atoms with Crippen LogP contribution in [0, 0.1) is 0 Å². The van der Waals surface area contributed by atoms with Gasteiger partial charge in [-0.25, -0.2) is 4.68 Å². The molecule has 0 radical (unpaired) electrons. The standard InChI is InChI=1S/C7H10N6O/c1-13-7(10-11-12-13)2-6(14)5-3-8-9-4-5/h3-4,6,14H,2H2,1H3,(H,8,9). The van der Waals surface area contributed by atoms with Crippen LogP contribution in [0.25, 0.3) is 0 Å². The smallest absolute Gasteiger partial charge is 0.153 e. The first kappa shape index (κ1) is 8.82. The van der Waals surface area contributed by atoms with Crippen LogP contribution in [0.1, 0.15) is 17.5 Å². The summed E-state index contributed by atoms with van der Waals surface area (Å²) in [5, 5.41) is 27.1. The van der Waals surface area contributed by atoms with E-state index in [1.54, 1.807) is 19.4 Å². The van der Waals surface area contributed by atoms with E-state index in [9.17, 15) is 5.11 Å². The molecule has 0 saturated heterocycles. The maximum atomic E-state index is 9.74. The summed E-state index contributed by atoms with van der Waals surface area (Å²) in [4.78, 5) is 0. The Kier molecular flexibility index (Phi) is 2.23. The number of nitrogens with one attached hydrogen (secondary N) is 1. The highest BCUT2D eigenvalue weighted by Gasteiger charge is 2.13. The van der Waals surface area contributed by atoms with Crippen LogP contribution < -0.4 is 0 Å². The molecule has 0 aliphatic carbocycles. The van der Waals surface area contributed by atoms with E-state index in [0.29, 0.717) is 12.2 Å². The van der Waals surface area contributed by atoms with Crippen LogP contribution in [-0.2, 0) is 13.5 Å². The lowest BCUT2D eigenvalue weighted by molar-refractivity contribution is 0.174. The molecule has 2 rings (SSSR count). The highest BCUT2D eigenvalue weighted by molar-refractivity contribution is 5.08. The zero-order valence-corrected chi connectivity index (χ0v) is 7.62. The Hall–Kier alpha value is -1.76. The minimum Gasteiger partial charge on any atom is -0.388 e. The van der Waals surface area contributed by atoms with Crippen molar-refractivity contribution in [3.8, 4) is 0 Å². The van der Waals surface area contributed by atoms with Crippen molar-refractivity contribution in [1.82, 2.24) is 30.4 Å². The minimum atomic E-state index is -0.626. The summed E-state index contributed by atoms with van der Waals surface area (Å²) >= 11 is 0. The molecule has 0 fully saturated rings. The second-order valence-electron chi connectivity index (χ2n) is 2.97. The zero-order valence-electron chi connectivity index (χ0n) is 7.62. The molecule has 0 aliphatic rings. The van der Waals surface area contributed by atoms with Crippen molar-refractivity contribution in [2.24, 2.45) is 7.05 Å². The fourth-order valence-electron chi connectivity index (χ4n) is 1.15. The molecule has 14 heavy (non-hydrogen) atoms.